The zero-order chi connectivity index (χ0) is 14.3. The lowest BCUT2D eigenvalue weighted by Crippen LogP contribution is -2.22. The fraction of sp³-hybridized carbons (Fsp3) is 0.529. The number of para-hydroxylation sites is 1. The lowest BCUT2D eigenvalue weighted by atomic mass is 10.1. The molecule has 1 aromatic carbocycles. The smallest absolute Gasteiger partial charge is 0.176 e. The molecule has 108 valence electrons. The standard InChI is InChI=1S/C17H23NO2/c1-11(18-10-13-9-17(13,2)3)15-8-12-6-5-7-14(19-4)16(12)20-15/h5-8,11,13,18H,9-10H2,1-4H3. The van der Waals surface area contributed by atoms with E-state index < -0.39 is 0 Å². The van der Waals surface area contributed by atoms with E-state index in [1.54, 1.807) is 7.11 Å². The Morgan fingerprint density at radius 2 is 2.20 bits per heavy atom. The lowest BCUT2D eigenvalue weighted by Gasteiger charge is -2.12. The molecule has 1 fully saturated rings. The summed E-state index contributed by atoms with van der Waals surface area (Å²) in [5, 5.41) is 4.68. The van der Waals surface area contributed by atoms with Crippen LogP contribution >= 0.6 is 0 Å². The molecule has 2 atom stereocenters. The van der Waals surface area contributed by atoms with Gasteiger partial charge in [-0.25, -0.2) is 0 Å². The molecule has 0 saturated heterocycles. The first-order valence-corrected chi connectivity index (χ1v) is 7.31. The van der Waals surface area contributed by atoms with Gasteiger partial charge in [-0.05, 0) is 43.4 Å². The summed E-state index contributed by atoms with van der Waals surface area (Å²) >= 11 is 0. The Morgan fingerprint density at radius 1 is 1.45 bits per heavy atom. The minimum Gasteiger partial charge on any atom is -0.493 e. The molecule has 0 radical (unpaired) electrons. The fourth-order valence-electron chi connectivity index (χ4n) is 2.77. The van der Waals surface area contributed by atoms with Crippen LogP contribution in [-0.4, -0.2) is 13.7 Å². The van der Waals surface area contributed by atoms with Crippen LogP contribution in [0.1, 0.15) is 39.0 Å². The van der Waals surface area contributed by atoms with Crippen molar-refractivity contribution in [3.63, 3.8) is 0 Å². The van der Waals surface area contributed by atoms with Crippen molar-refractivity contribution in [3.05, 3.63) is 30.0 Å². The molecular formula is C17H23NO2. The van der Waals surface area contributed by atoms with Gasteiger partial charge >= 0.3 is 0 Å². The van der Waals surface area contributed by atoms with Crippen LogP contribution in [0.3, 0.4) is 0 Å². The number of hydrogen-bond acceptors (Lipinski definition) is 3. The van der Waals surface area contributed by atoms with Crippen LogP contribution in [0.15, 0.2) is 28.7 Å². The second kappa shape index (κ2) is 4.81. The normalized spacial score (nSPS) is 21.9. The number of benzene rings is 1. The molecule has 1 heterocycles. The van der Waals surface area contributed by atoms with Crippen LogP contribution in [0.5, 0.6) is 5.75 Å². The molecule has 20 heavy (non-hydrogen) atoms. The van der Waals surface area contributed by atoms with Crippen molar-refractivity contribution in [2.75, 3.05) is 13.7 Å². The van der Waals surface area contributed by atoms with Crippen molar-refractivity contribution in [1.82, 2.24) is 5.32 Å². The third kappa shape index (κ3) is 2.42. The summed E-state index contributed by atoms with van der Waals surface area (Å²) in [6.07, 6.45) is 1.32. The van der Waals surface area contributed by atoms with E-state index >= 15 is 0 Å². The second-order valence-electron chi connectivity index (χ2n) is 6.55. The van der Waals surface area contributed by atoms with Gasteiger partial charge in [0.1, 0.15) is 5.76 Å². The van der Waals surface area contributed by atoms with Gasteiger partial charge in [-0.3, -0.25) is 0 Å². The predicted molar refractivity (Wildman–Crippen MR) is 81.1 cm³/mol. The topological polar surface area (TPSA) is 34.4 Å². The van der Waals surface area contributed by atoms with Crippen LogP contribution in [0.2, 0.25) is 0 Å². The Hall–Kier alpha value is -1.48. The van der Waals surface area contributed by atoms with Crippen molar-refractivity contribution in [2.45, 2.75) is 33.2 Å². The fourth-order valence-corrected chi connectivity index (χ4v) is 2.77. The zero-order valence-electron chi connectivity index (χ0n) is 12.7. The molecule has 1 N–H and O–H groups in total. The highest BCUT2D eigenvalue weighted by atomic mass is 16.5. The number of hydrogen-bond donors (Lipinski definition) is 1. The van der Waals surface area contributed by atoms with E-state index in [-0.39, 0.29) is 6.04 Å². The van der Waals surface area contributed by atoms with Crippen LogP contribution in [-0.2, 0) is 0 Å². The van der Waals surface area contributed by atoms with Gasteiger partial charge in [0.05, 0.1) is 13.2 Å². The quantitative estimate of drug-likeness (QED) is 0.889. The summed E-state index contributed by atoms with van der Waals surface area (Å²) < 4.78 is 11.3. The maximum atomic E-state index is 5.97. The number of methoxy groups -OCH3 is 1. The number of furan rings is 1. The summed E-state index contributed by atoms with van der Waals surface area (Å²) in [5.74, 6) is 2.57. The van der Waals surface area contributed by atoms with Crippen molar-refractivity contribution < 1.29 is 9.15 Å². The van der Waals surface area contributed by atoms with Crippen molar-refractivity contribution >= 4 is 11.0 Å². The lowest BCUT2D eigenvalue weighted by molar-refractivity contribution is 0.396. The van der Waals surface area contributed by atoms with Gasteiger partial charge in [0.15, 0.2) is 11.3 Å². The molecular weight excluding hydrogens is 250 g/mol. The Kier molecular flexibility index (Phi) is 3.25. The van der Waals surface area contributed by atoms with E-state index in [9.17, 15) is 0 Å². The minimum atomic E-state index is 0.225. The first-order valence-electron chi connectivity index (χ1n) is 7.31. The number of ether oxygens (including phenoxy) is 1. The number of rotatable bonds is 5. The molecule has 3 heteroatoms. The van der Waals surface area contributed by atoms with E-state index in [0.717, 1.165) is 34.9 Å². The van der Waals surface area contributed by atoms with Gasteiger partial charge in [-0.2, -0.15) is 0 Å². The summed E-state index contributed by atoms with van der Waals surface area (Å²) in [6.45, 7) is 7.87. The first kappa shape index (κ1) is 13.5. The molecule has 1 aliphatic carbocycles. The maximum Gasteiger partial charge on any atom is 0.176 e. The van der Waals surface area contributed by atoms with Gasteiger partial charge in [0, 0.05) is 5.39 Å². The highest BCUT2D eigenvalue weighted by molar-refractivity contribution is 5.83. The van der Waals surface area contributed by atoms with Crippen molar-refractivity contribution in [3.8, 4) is 5.75 Å². The van der Waals surface area contributed by atoms with Crippen molar-refractivity contribution in [2.24, 2.45) is 11.3 Å². The van der Waals surface area contributed by atoms with Crippen LogP contribution in [0, 0.1) is 11.3 Å². The third-order valence-electron chi connectivity index (χ3n) is 4.56. The van der Waals surface area contributed by atoms with E-state index in [2.05, 4.69) is 38.2 Å². The number of nitrogens with one attached hydrogen (secondary N) is 1. The Balaban J connectivity index is 1.73. The van der Waals surface area contributed by atoms with Gasteiger partial charge in [0.2, 0.25) is 0 Å². The molecule has 0 amide bonds. The average Bonchev–Trinajstić information content (AvgIpc) is 2.86. The molecule has 1 aromatic heterocycles. The van der Waals surface area contributed by atoms with Crippen LogP contribution in [0.4, 0.5) is 0 Å². The molecule has 2 unspecified atom stereocenters. The Bertz CT molecular complexity index is 614. The summed E-state index contributed by atoms with van der Waals surface area (Å²) in [4.78, 5) is 0. The van der Waals surface area contributed by atoms with Crippen molar-refractivity contribution in [1.29, 1.82) is 0 Å². The largest absolute Gasteiger partial charge is 0.493 e. The van der Waals surface area contributed by atoms with E-state index in [4.69, 9.17) is 9.15 Å². The van der Waals surface area contributed by atoms with Gasteiger partial charge in [0.25, 0.3) is 0 Å². The molecule has 3 rings (SSSR count). The van der Waals surface area contributed by atoms with E-state index in [0.29, 0.717) is 5.41 Å². The van der Waals surface area contributed by atoms with Crippen LogP contribution < -0.4 is 10.1 Å². The maximum absolute atomic E-state index is 5.97. The van der Waals surface area contributed by atoms with Gasteiger partial charge in [-0.15, -0.1) is 0 Å². The average molecular weight is 273 g/mol. The third-order valence-corrected chi connectivity index (χ3v) is 4.56. The molecule has 1 aliphatic rings. The van der Waals surface area contributed by atoms with E-state index in [1.807, 2.05) is 12.1 Å². The van der Waals surface area contributed by atoms with Gasteiger partial charge < -0.3 is 14.5 Å². The highest BCUT2D eigenvalue weighted by Gasteiger charge is 2.45. The minimum absolute atomic E-state index is 0.225. The Labute approximate surface area is 120 Å². The molecule has 0 spiro atoms. The molecule has 0 bridgehead atoms. The summed E-state index contributed by atoms with van der Waals surface area (Å²) in [6, 6.07) is 8.31. The summed E-state index contributed by atoms with van der Waals surface area (Å²) in [5.41, 5.74) is 1.36. The first-order chi connectivity index (χ1) is 9.51. The SMILES string of the molecule is COc1cccc2cc(C(C)NCC3CC3(C)C)oc12. The Morgan fingerprint density at radius 3 is 2.85 bits per heavy atom. The van der Waals surface area contributed by atoms with E-state index in [1.165, 1.54) is 6.42 Å². The second-order valence-corrected chi connectivity index (χ2v) is 6.55. The number of fused-ring (bicyclic) bond motifs is 1. The zero-order valence-corrected chi connectivity index (χ0v) is 12.7. The molecule has 0 aliphatic heterocycles. The predicted octanol–water partition coefficient (Wildman–Crippen LogP) is 4.14. The monoisotopic (exact) mass is 273 g/mol. The van der Waals surface area contributed by atoms with Gasteiger partial charge in [-0.1, -0.05) is 26.0 Å². The molecule has 3 nitrogen and oxygen atoms in total. The molecule has 1 saturated carbocycles. The molecule has 2 aromatic rings. The van der Waals surface area contributed by atoms with Crippen LogP contribution in [0.25, 0.3) is 11.0 Å². The highest BCUT2D eigenvalue weighted by Crippen LogP contribution is 2.51. The summed E-state index contributed by atoms with van der Waals surface area (Å²) in [7, 11) is 1.67.